The monoisotopic (exact) mass is 586 g/mol. The summed E-state index contributed by atoms with van der Waals surface area (Å²) in [6, 6.07) is 15.7. The van der Waals surface area contributed by atoms with Gasteiger partial charge in [0.15, 0.2) is 0 Å². The van der Waals surface area contributed by atoms with Crippen LogP contribution in [0.4, 0.5) is 5.69 Å². The maximum Gasteiger partial charge on any atom is 0.241 e. The van der Waals surface area contributed by atoms with E-state index in [0.717, 1.165) is 49.0 Å². The number of rotatable bonds is 10. The number of benzene rings is 2. The molecule has 0 saturated carbocycles. The Morgan fingerprint density at radius 1 is 1.02 bits per heavy atom. The van der Waals surface area contributed by atoms with Gasteiger partial charge >= 0.3 is 0 Å². The molecule has 2 atom stereocenters. The molecule has 0 bridgehead atoms. The summed E-state index contributed by atoms with van der Waals surface area (Å²) in [4.78, 5) is 27.4. The van der Waals surface area contributed by atoms with Gasteiger partial charge in [0.2, 0.25) is 11.8 Å². The Morgan fingerprint density at radius 3 is 2.33 bits per heavy atom. The van der Waals surface area contributed by atoms with E-state index in [9.17, 15) is 9.59 Å². The molecule has 0 aromatic heterocycles. The highest BCUT2D eigenvalue weighted by Crippen LogP contribution is 2.39. The number of amides is 2. The molecule has 40 heavy (non-hydrogen) atoms. The van der Waals surface area contributed by atoms with Crippen LogP contribution in [0.25, 0.3) is 0 Å². The summed E-state index contributed by atoms with van der Waals surface area (Å²) in [5.74, 6) is 1.60. The van der Waals surface area contributed by atoms with Crippen LogP contribution in [0.3, 0.4) is 0 Å². The lowest BCUT2D eigenvalue weighted by Crippen LogP contribution is -2.43. The van der Waals surface area contributed by atoms with Crippen molar-refractivity contribution in [3.05, 3.63) is 59.7 Å². The number of nitrogens with one attached hydrogen (secondary N) is 2. The van der Waals surface area contributed by atoms with Crippen LogP contribution in [0.5, 0.6) is 5.75 Å². The minimum Gasteiger partial charge on any atom is -0.497 e. The van der Waals surface area contributed by atoms with Crippen LogP contribution in [0, 0.1) is 5.92 Å². The predicted octanol–water partition coefficient (Wildman–Crippen LogP) is 8.32. The van der Waals surface area contributed by atoms with Gasteiger partial charge in [0.25, 0.3) is 0 Å². The van der Waals surface area contributed by atoms with Crippen molar-refractivity contribution in [3.63, 3.8) is 0 Å². The first kappa shape index (κ1) is 32.3. The van der Waals surface area contributed by atoms with Crippen LogP contribution >= 0.6 is 23.4 Å². The van der Waals surface area contributed by atoms with Crippen molar-refractivity contribution < 1.29 is 14.3 Å². The summed E-state index contributed by atoms with van der Waals surface area (Å²) in [5, 5.41) is 6.41. The van der Waals surface area contributed by atoms with Crippen molar-refractivity contribution in [2.75, 3.05) is 24.9 Å². The molecular formula is C33H47ClN2O3S. The minimum absolute atomic E-state index is 0.0561. The number of ether oxygens (including phenoxy) is 1. The van der Waals surface area contributed by atoms with E-state index in [1.165, 1.54) is 25.7 Å². The molecule has 1 saturated heterocycles. The predicted molar refractivity (Wildman–Crippen MR) is 170 cm³/mol. The number of para-hydroxylation sites is 1. The summed E-state index contributed by atoms with van der Waals surface area (Å²) >= 11 is 8.19. The van der Waals surface area contributed by atoms with E-state index in [-0.39, 0.29) is 29.5 Å². The zero-order valence-electron chi connectivity index (χ0n) is 24.5. The smallest absolute Gasteiger partial charge is 0.241 e. The molecule has 1 heterocycles. The number of hydrogen-bond donors (Lipinski definition) is 2. The van der Waals surface area contributed by atoms with Gasteiger partial charge in [0.05, 0.1) is 13.0 Å². The first-order valence-electron chi connectivity index (χ1n) is 14.9. The van der Waals surface area contributed by atoms with E-state index in [4.69, 9.17) is 16.3 Å². The first-order chi connectivity index (χ1) is 19.4. The van der Waals surface area contributed by atoms with Crippen LogP contribution in [-0.2, 0) is 15.3 Å². The second-order valence-corrected chi connectivity index (χ2v) is 13.0. The van der Waals surface area contributed by atoms with Crippen LogP contribution in [0.15, 0.2) is 48.5 Å². The van der Waals surface area contributed by atoms with Crippen LogP contribution in [0.2, 0.25) is 0 Å². The van der Waals surface area contributed by atoms with E-state index in [0.29, 0.717) is 24.4 Å². The highest BCUT2D eigenvalue weighted by atomic mass is 35.5. The van der Waals surface area contributed by atoms with Gasteiger partial charge in [-0.15, -0.1) is 23.4 Å². The number of methoxy groups -OCH3 is 1. The van der Waals surface area contributed by atoms with Crippen LogP contribution in [0.1, 0.15) is 95.1 Å². The molecule has 2 amide bonds. The summed E-state index contributed by atoms with van der Waals surface area (Å²) in [6.07, 6.45) is 10.7. The molecule has 0 radical (unpaired) electrons. The molecule has 1 aliphatic rings. The number of anilines is 1. The Bertz CT molecular complexity index is 1060. The van der Waals surface area contributed by atoms with E-state index < -0.39 is 4.75 Å². The molecule has 1 aliphatic heterocycles. The largest absolute Gasteiger partial charge is 0.497 e. The Kier molecular flexibility index (Phi) is 13.7. The van der Waals surface area contributed by atoms with E-state index in [2.05, 4.69) is 24.5 Å². The molecule has 3 rings (SSSR count). The maximum atomic E-state index is 14.0. The van der Waals surface area contributed by atoms with Gasteiger partial charge in [0.1, 0.15) is 10.5 Å². The quantitative estimate of drug-likeness (QED) is 0.275. The van der Waals surface area contributed by atoms with Gasteiger partial charge in [-0.1, -0.05) is 89.1 Å². The molecular weight excluding hydrogens is 540 g/mol. The molecule has 7 heteroatoms. The molecule has 2 N–H and O–H groups in total. The fourth-order valence-electron chi connectivity index (χ4n) is 5.42. The summed E-state index contributed by atoms with van der Waals surface area (Å²) in [5.41, 5.74) is 2.70. The lowest BCUT2D eigenvalue weighted by Gasteiger charge is -2.32. The molecule has 1 fully saturated rings. The number of thioether (sulfide) groups is 1. The second-order valence-electron chi connectivity index (χ2n) is 11.4. The number of carbonyl (C=O) groups is 2. The normalized spacial score (nSPS) is 18.9. The zero-order valence-corrected chi connectivity index (χ0v) is 26.0. The fourth-order valence-corrected chi connectivity index (χ4v) is 7.23. The van der Waals surface area contributed by atoms with Gasteiger partial charge < -0.3 is 15.4 Å². The Balaban J connectivity index is 1.82. The third kappa shape index (κ3) is 9.73. The highest BCUT2D eigenvalue weighted by Gasteiger charge is 2.39. The average molecular weight is 587 g/mol. The molecule has 2 unspecified atom stereocenters. The number of alkyl halides is 1. The molecule has 5 nitrogen and oxygen atoms in total. The highest BCUT2D eigenvalue weighted by molar-refractivity contribution is 8.00. The van der Waals surface area contributed by atoms with E-state index >= 15 is 0 Å². The van der Waals surface area contributed by atoms with E-state index in [1.807, 2.05) is 48.5 Å². The van der Waals surface area contributed by atoms with Gasteiger partial charge in [-0.25, -0.2) is 0 Å². The Labute approximate surface area is 250 Å². The maximum absolute atomic E-state index is 14.0. The molecule has 0 spiro atoms. The first-order valence-corrected chi connectivity index (χ1v) is 16.4. The topological polar surface area (TPSA) is 67.4 Å². The number of halogens is 1. The SMILES string of the molecule is COc1ccc(CSC(CCl)(CC(C)C)C(=O)Nc2ccccc2C2CCCCCCCCCCNC2=O)cc1. The van der Waals surface area contributed by atoms with Crippen molar-refractivity contribution in [2.24, 2.45) is 5.92 Å². The van der Waals surface area contributed by atoms with Crippen molar-refractivity contribution >= 4 is 40.9 Å². The van der Waals surface area contributed by atoms with Gasteiger partial charge in [-0.3, -0.25) is 9.59 Å². The van der Waals surface area contributed by atoms with Crippen LogP contribution < -0.4 is 15.4 Å². The zero-order chi connectivity index (χ0) is 28.8. The van der Waals surface area contributed by atoms with Crippen molar-refractivity contribution in [1.29, 1.82) is 0 Å². The Hall–Kier alpha value is -2.18. The number of carbonyl (C=O) groups excluding carboxylic acids is 2. The van der Waals surface area contributed by atoms with Gasteiger partial charge in [-0.05, 0) is 54.5 Å². The third-order valence-electron chi connectivity index (χ3n) is 7.66. The van der Waals surface area contributed by atoms with Crippen LogP contribution in [-0.4, -0.2) is 36.1 Å². The van der Waals surface area contributed by atoms with Crippen molar-refractivity contribution in [3.8, 4) is 5.75 Å². The molecule has 2 aromatic carbocycles. The third-order valence-corrected chi connectivity index (χ3v) is 9.80. The molecule has 220 valence electrons. The standard InChI is InChI=1S/C33H47ClN2O3S/c1-25(2)22-33(24-34,40-23-26-17-19-27(39-3)20-18-26)32(38)36-30-16-12-11-14-28(30)29-15-10-8-6-4-5-7-9-13-21-35-31(29)37/h11-12,14,16-20,25,29H,4-10,13,15,21-24H2,1-3H3,(H,35,37)(H,36,38). The van der Waals surface area contributed by atoms with Crippen molar-refractivity contribution in [2.45, 2.75) is 94.5 Å². The van der Waals surface area contributed by atoms with Gasteiger partial charge in [0, 0.05) is 23.9 Å². The average Bonchev–Trinajstić information content (AvgIpc) is 2.98. The lowest BCUT2D eigenvalue weighted by molar-refractivity contribution is -0.123. The van der Waals surface area contributed by atoms with E-state index in [1.54, 1.807) is 18.9 Å². The summed E-state index contributed by atoms with van der Waals surface area (Å²) in [7, 11) is 1.65. The second kappa shape index (κ2) is 16.9. The van der Waals surface area contributed by atoms with Crippen molar-refractivity contribution in [1.82, 2.24) is 5.32 Å². The summed E-state index contributed by atoms with van der Waals surface area (Å²) in [6.45, 7) is 4.94. The summed E-state index contributed by atoms with van der Waals surface area (Å²) < 4.78 is 4.48. The lowest BCUT2D eigenvalue weighted by atomic mass is 9.90. The molecule has 0 aliphatic carbocycles. The molecule has 2 aromatic rings. The Morgan fingerprint density at radius 2 is 1.68 bits per heavy atom. The van der Waals surface area contributed by atoms with Gasteiger partial charge in [-0.2, -0.15) is 0 Å². The fraction of sp³-hybridized carbons (Fsp3) is 0.576. The minimum atomic E-state index is -0.810. The number of hydrogen-bond acceptors (Lipinski definition) is 4.